The van der Waals surface area contributed by atoms with Crippen molar-refractivity contribution in [1.82, 2.24) is 14.5 Å². The Morgan fingerprint density at radius 1 is 0.929 bits per heavy atom. The lowest BCUT2D eigenvalue weighted by molar-refractivity contribution is 0.0696. The van der Waals surface area contributed by atoms with Crippen LogP contribution in [0.5, 0.6) is 0 Å². The number of hydrogen-bond acceptors (Lipinski definition) is 3. The van der Waals surface area contributed by atoms with Crippen molar-refractivity contribution in [3.05, 3.63) is 84.2 Å². The van der Waals surface area contributed by atoms with Gasteiger partial charge in [0.2, 0.25) is 0 Å². The monoisotopic (exact) mass is 369 g/mol. The molecule has 4 rings (SSSR count). The average Bonchev–Trinajstić information content (AvgIpc) is 3.06. The van der Waals surface area contributed by atoms with Crippen LogP contribution in [0.25, 0.3) is 33.9 Å². The number of benzene rings is 2. The van der Waals surface area contributed by atoms with Crippen LogP contribution in [0.1, 0.15) is 15.9 Å². The number of aryl methyl sites for hydroxylation is 1. The summed E-state index contributed by atoms with van der Waals surface area (Å²) in [6.45, 7) is 1.80. The smallest absolute Gasteiger partial charge is 0.335 e. The van der Waals surface area contributed by atoms with Gasteiger partial charge in [-0.2, -0.15) is 0 Å². The number of aromatic nitrogens is 3. The van der Waals surface area contributed by atoms with Crippen LogP contribution in [-0.2, 0) is 7.05 Å². The Hall–Kier alpha value is -3.73. The second-order valence-corrected chi connectivity index (χ2v) is 6.63. The summed E-state index contributed by atoms with van der Waals surface area (Å²) < 4.78 is 2.05. The highest BCUT2D eigenvalue weighted by Crippen LogP contribution is 2.35. The van der Waals surface area contributed by atoms with E-state index >= 15 is 0 Å². The van der Waals surface area contributed by atoms with E-state index in [1.165, 1.54) is 0 Å². The standard InChI is InChI=1S/C23H19N3O2/c1-15-14-18(8-9-19(15)23(27)28)22-25-20(16-6-4-3-5-7-16)21(26(22)2)17-10-12-24-13-11-17/h3-14H,1-2H3,(H,27,28). The summed E-state index contributed by atoms with van der Waals surface area (Å²) in [5.41, 5.74) is 5.80. The third kappa shape index (κ3) is 3.07. The molecule has 2 aromatic carbocycles. The SMILES string of the molecule is Cc1cc(-c2nc(-c3ccccc3)c(-c3ccncc3)n2C)ccc1C(=O)O. The van der Waals surface area contributed by atoms with Gasteiger partial charge < -0.3 is 9.67 Å². The molecule has 0 fully saturated rings. The molecule has 5 heteroatoms. The predicted molar refractivity (Wildman–Crippen MR) is 109 cm³/mol. The van der Waals surface area contributed by atoms with E-state index in [9.17, 15) is 9.90 Å². The maximum Gasteiger partial charge on any atom is 0.335 e. The van der Waals surface area contributed by atoms with Crippen molar-refractivity contribution in [1.29, 1.82) is 0 Å². The van der Waals surface area contributed by atoms with E-state index in [0.29, 0.717) is 11.1 Å². The molecule has 5 nitrogen and oxygen atoms in total. The lowest BCUT2D eigenvalue weighted by Crippen LogP contribution is -2.01. The van der Waals surface area contributed by atoms with Crippen LogP contribution in [0, 0.1) is 6.92 Å². The minimum Gasteiger partial charge on any atom is -0.478 e. The van der Waals surface area contributed by atoms with Gasteiger partial charge in [0.05, 0.1) is 17.0 Å². The van der Waals surface area contributed by atoms with E-state index in [2.05, 4.69) is 4.98 Å². The third-order valence-corrected chi connectivity index (χ3v) is 4.81. The van der Waals surface area contributed by atoms with Crippen molar-refractivity contribution in [2.75, 3.05) is 0 Å². The zero-order valence-corrected chi connectivity index (χ0v) is 15.6. The topological polar surface area (TPSA) is 68.0 Å². The van der Waals surface area contributed by atoms with E-state index in [1.807, 2.05) is 66.2 Å². The fourth-order valence-corrected chi connectivity index (χ4v) is 3.44. The Morgan fingerprint density at radius 2 is 1.64 bits per heavy atom. The highest BCUT2D eigenvalue weighted by atomic mass is 16.4. The highest BCUT2D eigenvalue weighted by Gasteiger charge is 2.19. The number of nitrogens with zero attached hydrogens (tertiary/aromatic N) is 3. The van der Waals surface area contributed by atoms with Gasteiger partial charge in [0.15, 0.2) is 0 Å². The van der Waals surface area contributed by atoms with Gasteiger partial charge in [-0.25, -0.2) is 9.78 Å². The maximum absolute atomic E-state index is 11.3. The van der Waals surface area contributed by atoms with Crippen LogP contribution < -0.4 is 0 Å². The molecule has 28 heavy (non-hydrogen) atoms. The summed E-state index contributed by atoms with van der Waals surface area (Å²) in [7, 11) is 1.98. The Morgan fingerprint density at radius 3 is 2.29 bits per heavy atom. The normalized spacial score (nSPS) is 10.8. The number of carbonyl (C=O) groups is 1. The number of carboxylic acid groups (broad SMARTS) is 1. The Balaban J connectivity index is 1.94. The molecular formula is C23H19N3O2. The first-order chi connectivity index (χ1) is 13.6. The Kier molecular flexibility index (Phi) is 4.49. The van der Waals surface area contributed by atoms with Gasteiger partial charge in [-0.3, -0.25) is 4.98 Å². The summed E-state index contributed by atoms with van der Waals surface area (Å²) in [6.07, 6.45) is 3.53. The van der Waals surface area contributed by atoms with Crippen LogP contribution in [0.2, 0.25) is 0 Å². The number of hydrogen-bond donors (Lipinski definition) is 1. The molecule has 0 aliphatic heterocycles. The Bertz CT molecular complexity index is 1150. The van der Waals surface area contributed by atoms with Gasteiger partial charge in [-0.1, -0.05) is 36.4 Å². The molecular weight excluding hydrogens is 350 g/mol. The zero-order valence-electron chi connectivity index (χ0n) is 15.6. The van der Waals surface area contributed by atoms with E-state index in [4.69, 9.17) is 4.98 Å². The first-order valence-electron chi connectivity index (χ1n) is 8.93. The molecule has 0 amide bonds. The van der Waals surface area contributed by atoms with Crippen LogP contribution in [0.3, 0.4) is 0 Å². The van der Waals surface area contributed by atoms with Crippen molar-refractivity contribution in [3.63, 3.8) is 0 Å². The van der Waals surface area contributed by atoms with Crippen molar-refractivity contribution in [2.45, 2.75) is 6.92 Å². The summed E-state index contributed by atoms with van der Waals surface area (Å²) in [6, 6.07) is 19.3. The number of aromatic carboxylic acids is 1. The summed E-state index contributed by atoms with van der Waals surface area (Å²) in [4.78, 5) is 20.4. The minimum absolute atomic E-state index is 0.301. The van der Waals surface area contributed by atoms with Crippen LogP contribution in [0.15, 0.2) is 73.1 Å². The van der Waals surface area contributed by atoms with E-state index in [-0.39, 0.29) is 0 Å². The van der Waals surface area contributed by atoms with E-state index in [1.54, 1.807) is 25.4 Å². The van der Waals surface area contributed by atoms with E-state index in [0.717, 1.165) is 33.9 Å². The summed E-state index contributed by atoms with van der Waals surface area (Å²) >= 11 is 0. The molecule has 138 valence electrons. The molecule has 0 atom stereocenters. The molecule has 0 saturated heterocycles. The molecule has 0 radical (unpaired) electrons. The number of rotatable bonds is 4. The lowest BCUT2D eigenvalue weighted by Gasteiger charge is -2.09. The van der Waals surface area contributed by atoms with Crippen molar-refractivity contribution in [3.8, 4) is 33.9 Å². The zero-order chi connectivity index (χ0) is 19.7. The van der Waals surface area contributed by atoms with Gasteiger partial charge in [0.1, 0.15) is 5.82 Å². The predicted octanol–water partition coefficient (Wildman–Crippen LogP) is 4.82. The second-order valence-electron chi connectivity index (χ2n) is 6.63. The fraction of sp³-hybridized carbons (Fsp3) is 0.0870. The van der Waals surface area contributed by atoms with E-state index < -0.39 is 5.97 Å². The van der Waals surface area contributed by atoms with Gasteiger partial charge in [0, 0.05) is 36.1 Å². The molecule has 1 N–H and O–H groups in total. The van der Waals surface area contributed by atoms with Crippen molar-refractivity contribution in [2.24, 2.45) is 7.05 Å². The van der Waals surface area contributed by atoms with Gasteiger partial charge in [-0.05, 0) is 36.8 Å². The third-order valence-electron chi connectivity index (χ3n) is 4.81. The number of carboxylic acids is 1. The molecule has 0 aliphatic carbocycles. The van der Waals surface area contributed by atoms with Crippen LogP contribution in [-0.4, -0.2) is 25.6 Å². The maximum atomic E-state index is 11.3. The Labute approximate surface area is 163 Å². The lowest BCUT2D eigenvalue weighted by atomic mass is 10.0. The second kappa shape index (κ2) is 7.12. The number of imidazole rings is 1. The quantitative estimate of drug-likeness (QED) is 0.560. The van der Waals surface area contributed by atoms with Crippen LogP contribution >= 0.6 is 0 Å². The summed E-state index contributed by atoms with van der Waals surface area (Å²) in [5.74, 6) is -0.142. The van der Waals surface area contributed by atoms with Crippen LogP contribution in [0.4, 0.5) is 0 Å². The molecule has 0 aliphatic rings. The molecule has 2 heterocycles. The fourth-order valence-electron chi connectivity index (χ4n) is 3.44. The van der Waals surface area contributed by atoms with Gasteiger partial charge >= 0.3 is 5.97 Å². The molecule has 0 spiro atoms. The molecule has 2 aromatic heterocycles. The van der Waals surface area contributed by atoms with Crippen molar-refractivity contribution < 1.29 is 9.90 Å². The first kappa shape index (κ1) is 17.7. The molecule has 0 bridgehead atoms. The molecule has 0 saturated carbocycles. The highest BCUT2D eigenvalue weighted by molar-refractivity contribution is 5.90. The molecule has 4 aromatic rings. The first-order valence-corrected chi connectivity index (χ1v) is 8.93. The molecule has 0 unspecified atom stereocenters. The van der Waals surface area contributed by atoms with Gasteiger partial charge in [0.25, 0.3) is 0 Å². The summed E-state index contributed by atoms with van der Waals surface area (Å²) in [5, 5.41) is 9.30. The minimum atomic E-state index is -0.925. The largest absolute Gasteiger partial charge is 0.478 e. The van der Waals surface area contributed by atoms with Gasteiger partial charge in [-0.15, -0.1) is 0 Å². The number of pyridine rings is 1. The van der Waals surface area contributed by atoms with Crippen molar-refractivity contribution >= 4 is 5.97 Å². The average molecular weight is 369 g/mol.